The Balaban J connectivity index is 2.21. The number of carbonyl (C=O) groups excluding carboxylic acids is 1. The number of amides is 1. The average molecular weight is 453 g/mol. The van der Waals surface area contributed by atoms with Crippen LogP contribution in [0, 0.1) is 12.7 Å². The van der Waals surface area contributed by atoms with Crippen LogP contribution >= 0.6 is 0 Å². The minimum atomic E-state index is -1.90. The molecule has 0 saturated heterocycles. The predicted molar refractivity (Wildman–Crippen MR) is 133 cm³/mol. The number of rotatable bonds is 2. The molecule has 30 heavy (non-hydrogen) atoms. The van der Waals surface area contributed by atoms with Crippen LogP contribution in [-0.4, -0.2) is 28.2 Å². The Labute approximate surface area is 182 Å². The Morgan fingerprint density at radius 3 is 2.27 bits per heavy atom. The topological polar surface area (TPSA) is 40.9 Å². The van der Waals surface area contributed by atoms with Crippen LogP contribution in [0.15, 0.2) is 23.8 Å². The molecule has 0 fully saturated rings. The van der Waals surface area contributed by atoms with Gasteiger partial charge >= 0.3 is 0 Å². The fourth-order valence-corrected chi connectivity index (χ4v) is 39.1. The number of hydrogen-bond acceptors (Lipinski definition) is 1. The number of benzene rings is 2. The van der Waals surface area contributed by atoms with E-state index < -0.39 is 28.2 Å². The van der Waals surface area contributed by atoms with E-state index in [2.05, 4.69) is 58.3 Å². The highest BCUT2D eigenvalue weighted by molar-refractivity contribution is 7.74. The second kappa shape index (κ2) is 6.37. The molecule has 0 unspecified atom stereocenters. The van der Waals surface area contributed by atoms with Crippen molar-refractivity contribution >= 4 is 44.6 Å². The first-order valence-electron chi connectivity index (χ1n) is 10.7. The summed E-state index contributed by atoms with van der Waals surface area (Å²) in [6.45, 7) is 19.3. The lowest BCUT2D eigenvalue weighted by molar-refractivity contribution is 0.0993. The summed E-state index contributed by atoms with van der Waals surface area (Å²) in [5.74, 6) is -0.803. The number of hydrogen-bond donors (Lipinski definition) is 0. The SMILES string of the molecule is CC1=Cc2c(-c3c(C([NH])=O)cc4c(C)c3[Si](C)(C)[Si](C)(C)[Si]4(C)C)ccc(F)c2C1. The third-order valence-corrected chi connectivity index (χ3v) is 50.2. The lowest BCUT2D eigenvalue weighted by Crippen LogP contribution is -2.83. The monoisotopic (exact) mass is 452 g/mol. The van der Waals surface area contributed by atoms with Gasteiger partial charge in [-0.05, 0) is 54.7 Å². The van der Waals surface area contributed by atoms with E-state index in [9.17, 15) is 9.18 Å². The molecule has 0 spiro atoms. The summed E-state index contributed by atoms with van der Waals surface area (Å²) in [5, 5.41) is 2.72. The zero-order chi connectivity index (χ0) is 22.4. The molecule has 6 heteroatoms. The summed E-state index contributed by atoms with van der Waals surface area (Å²) in [6.07, 6.45) is 2.69. The van der Waals surface area contributed by atoms with Crippen molar-refractivity contribution in [3.63, 3.8) is 0 Å². The Morgan fingerprint density at radius 1 is 1.03 bits per heavy atom. The molecule has 157 valence electrons. The fourth-order valence-electron chi connectivity index (χ4n) is 5.88. The van der Waals surface area contributed by atoms with Crippen LogP contribution in [-0.2, 0) is 6.42 Å². The maximum Gasteiger partial charge on any atom is 0.270 e. The molecule has 1 aliphatic carbocycles. The third-order valence-electron chi connectivity index (χ3n) is 8.67. The van der Waals surface area contributed by atoms with Gasteiger partial charge in [-0.1, -0.05) is 72.9 Å². The van der Waals surface area contributed by atoms with Gasteiger partial charge in [-0.25, -0.2) is 4.39 Å². The number of halogens is 1. The molecule has 2 aromatic carbocycles. The van der Waals surface area contributed by atoms with Gasteiger partial charge in [-0.2, -0.15) is 0 Å². The highest BCUT2D eigenvalue weighted by Gasteiger charge is 2.59. The minimum Gasteiger partial charge on any atom is -0.267 e. The Bertz CT molecular complexity index is 1160. The van der Waals surface area contributed by atoms with E-state index in [0.717, 1.165) is 27.8 Å². The molecule has 2 nitrogen and oxygen atoms in total. The van der Waals surface area contributed by atoms with Crippen molar-refractivity contribution in [2.24, 2.45) is 0 Å². The van der Waals surface area contributed by atoms with Crippen LogP contribution in [0.1, 0.15) is 34.0 Å². The smallest absolute Gasteiger partial charge is 0.267 e. The maximum atomic E-state index is 14.6. The van der Waals surface area contributed by atoms with Crippen molar-refractivity contribution in [1.82, 2.24) is 5.73 Å². The predicted octanol–water partition coefficient (Wildman–Crippen LogP) is 4.89. The molecule has 1 amide bonds. The first-order chi connectivity index (χ1) is 13.7. The van der Waals surface area contributed by atoms with E-state index in [1.807, 2.05) is 13.0 Å². The van der Waals surface area contributed by atoms with Crippen LogP contribution < -0.4 is 16.1 Å². The molecule has 2 aliphatic rings. The van der Waals surface area contributed by atoms with E-state index in [0.29, 0.717) is 12.0 Å². The van der Waals surface area contributed by atoms with Crippen molar-refractivity contribution in [2.45, 2.75) is 59.6 Å². The zero-order valence-corrected chi connectivity index (χ0v) is 22.3. The van der Waals surface area contributed by atoms with E-state index in [-0.39, 0.29) is 5.82 Å². The van der Waals surface area contributed by atoms with Crippen LogP contribution in [0.5, 0.6) is 0 Å². The highest BCUT2D eigenvalue weighted by Crippen LogP contribution is 2.41. The first-order valence-corrected chi connectivity index (χ1v) is 21.7. The quantitative estimate of drug-likeness (QED) is 0.598. The Morgan fingerprint density at radius 2 is 1.67 bits per heavy atom. The number of fused-ring (bicyclic) bond motifs is 3. The standard InChI is InChI=1S/C24H31FNOSi3/c1-14-11-17-16(9-10-20(25)18(17)12-14)22-19(24(26)27)13-21-15(2)23(22)29(5,6)30(7,8)28(21,3)4/h9-11,13,26H,12H2,1-8H3. The van der Waals surface area contributed by atoms with Gasteiger partial charge in [-0.3, -0.25) is 10.5 Å². The molecule has 0 atom stereocenters. The van der Waals surface area contributed by atoms with Crippen molar-refractivity contribution in [3.05, 3.63) is 51.8 Å². The second-order valence-corrected chi connectivity index (χ2v) is 38.0. The van der Waals surface area contributed by atoms with Crippen LogP contribution in [0.25, 0.3) is 17.2 Å². The van der Waals surface area contributed by atoms with Crippen LogP contribution in [0.4, 0.5) is 4.39 Å². The summed E-state index contributed by atoms with van der Waals surface area (Å²) >= 11 is 0. The van der Waals surface area contributed by atoms with Gasteiger partial charge in [-0.15, -0.1) is 0 Å². The fraction of sp³-hybridized carbons (Fsp3) is 0.375. The highest BCUT2D eigenvalue weighted by atomic mass is 29.6. The van der Waals surface area contributed by atoms with E-state index >= 15 is 0 Å². The Hall–Kier alpha value is -1.77. The molecule has 1 N–H and O–H groups in total. The third kappa shape index (κ3) is 2.53. The molecule has 0 aromatic heterocycles. The molecular formula is C24H31FNOSi3. The normalized spacial score (nSPS) is 20.0. The molecule has 0 saturated carbocycles. The summed E-state index contributed by atoms with van der Waals surface area (Å²) in [7, 11) is -5.25. The molecule has 1 heterocycles. The largest absolute Gasteiger partial charge is 0.270 e. The molecule has 2 aromatic rings. The number of nitrogens with one attached hydrogen (secondary N) is 1. The van der Waals surface area contributed by atoms with Gasteiger partial charge in [0, 0.05) is 12.7 Å². The Kier molecular flexibility index (Phi) is 4.56. The van der Waals surface area contributed by atoms with Crippen molar-refractivity contribution < 1.29 is 9.18 Å². The van der Waals surface area contributed by atoms with Crippen molar-refractivity contribution in [1.29, 1.82) is 0 Å². The lowest BCUT2D eigenvalue weighted by Gasteiger charge is -2.55. The molecule has 1 aliphatic heterocycles. The number of carbonyl (C=O) groups is 1. The lowest BCUT2D eigenvalue weighted by atomic mass is 9.91. The van der Waals surface area contributed by atoms with E-state index in [1.165, 1.54) is 15.9 Å². The maximum absolute atomic E-state index is 14.6. The summed E-state index contributed by atoms with van der Waals surface area (Å²) < 4.78 is 14.6. The van der Waals surface area contributed by atoms with Gasteiger partial charge in [0.2, 0.25) is 0 Å². The van der Waals surface area contributed by atoms with Gasteiger partial charge in [0.25, 0.3) is 5.91 Å². The zero-order valence-electron chi connectivity index (χ0n) is 19.3. The van der Waals surface area contributed by atoms with E-state index in [4.69, 9.17) is 5.73 Å². The molecular weight excluding hydrogens is 422 g/mol. The molecule has 1 radical (unpaired) electrons. The minimum absolute atomic E-state index is 0.178. The second-order valence-electron chi connectivity index (χ2n) is 10.7. The first kappa shape index (κ1) is 21.5. The molecule has 4 rings (SSSR count). The van der Waals surface area contributed by atoms with Crippen LogP contribution in [0.3, 0.4) is 0 Å². The van der Waals surface area contributed by atoms with Crippen molar-refractivity contribution in [3.8, 4) is 11.1 Å². The van der Waals surface area contributed by atoms with Gasteiger partial charge in [0.05, 0.1) is 15.2 Å². The summed E-state index contributed by atoms with van der Waals surface area (Å²) in [4.78, 5) is 12.6. The summed E-state index contributed by atoms with van der Waals surface area (Å²) in [5.41, 5.74) is 14.6. The number of allylic oxidation sites excluding steroid dienone is 1. The van der Waals surface area contributed by atoms with E-state index in [1.54, 1.807) is 6.07 Å². The summed E-state index contributed by atoms with van der Waals surface area (Å²) in [6, 6.07) is 5.44. The average Bonchev–Trinajstić information content (AvgIpc) is 3.02. The van der Waals surface area contributed by atoms with Gasteiger partial charge < -0.3 is 0 Å². The molecule has 2 bridgehead atoms. The van der Waals surface area contributed by atoms with Crippen molar-refractivity contribution in [2.75, 3.05) is 0 Å². The van der Waals surface area contributed by atoms with Crippen LogP contribution in [0.2, 0.25) is 39.3 Å². The van der Waals surface area contributed by atoms with Gasteiger partial charge in [0.15, 0.2) is 0 Å². The van der Waals surface area contributed by atoms with Gasteiger partial charge in [0.1, 0.15) is 5.82 Å².